The minimum atomic E-state index is -0.361. The molecule has 0 saturated heterocycles. The van der Waals surface area contributed by atoms with Gasteiger partial charge in [0, 0.05) is 17.0 Å². The van der Waals surface area contributed by atoms with Crippen molar-refractivity contribution in [3.63, 3.8) is 0 Å². The van der Waals surface area contributed by atoms with Crippen molar-refractivity contribution in [2.45, 2.75) is 13.5 Å². The van der Waals surface area contributed by atoms with E-state index in [2.05, 4.69) is 10.3 Å². The Bertz CT molecular complexity index is 786. The van der Waals surface area contributed by atoms with E-state index in [0.717, 1.165) is 16.5 Å². The summed E-state index contributed by atoms with van der Waals surface area (Å²) in [6, 6.07) is 5.01. The Labute approximate surface area is 102 Å². The van der Waals surface area contributed by atoms with Crippen molar-refractivity contribution in [1.29, 1.82) is 0 Å². The zero-order valence-electron chi connectivity index (χ0n) is 10.1. The second kappa shape index (κ2) is 3.96. The molecule has 5 heteroatoms. The van der Waals surface area contributed by atoms with E-state index in [-0.39, 0.29) is 5.63 Å². The molecule has 18 heavy (non-hydrogen) atoms. The molecule has 0 atom stereocenters. The summed E-state index contributed by atoms with van der Waals surface area (Å²) in [5.74, 6) is 0.619. The number of aryl methyl sites for hydroxylation is 1. The van der Waals surface area contributed by atoms with Crippen LogP contribution in [0.1, 0.15) is 11.5 Å². The monoisotopic (exact) mass is 244 g/mol. The van der Waals surface area contributed by atoms with Gasteiger partial charge in [0.05, 0.1) is 6.54 Å². The van der Waals surface area contributed by atoms with Gasteiger partial charge in [-0.1, -0.05) is 0 Å². The molecule has 5 nitrogen and oxygen atoms in total. The maximum Gasteiger partial charge on any atom is 0.336 e. The van der Waals surface area contributed by atoms with Crippen LogP contribution in [0.3, 0.4) is 0 Å². The predicted molar refractivity (Wildman–Crippen MR) is 67.6 cm³/mol. The Kier molecular flexibility index (Phi) is 2.41. The van der Waals surface area contributed by atoms with E-state index in [1.165, 1.54) is 6.07 Å². The molecule has 0 spiro atoms. The summed E-state index contributed by atoms with van der Waals surface area (Å²) in [7, 11) is 1.83. The third-order valence-corrected chi connectivity index (χ3v) is 2.86. The first-order chi connectivity index (χ1) is 8.69. The van der Waals surface area contributed by atoms with Gasteiger partial charge in [0.25, 0.3) is 0 Å². The normalized spacial score (nSPS) is 11.4. The smallest absolute Gasteiger partial charge is 0.336 e. The van der Waals surface area contributed by atoms with Crippen LogP contribution in [-0.2, 0) is 6.54 Å². The van der Waals surface area contributed by atoms with Crippen LogP contribution in [0.15, 0.2) is 31.8 Å². The van der Waals surface area contributed by atoms with Gasteiger partial charge in [-0.25, -0.2) is 9.78 Å². The van der Waals surface area contributed by atoms with Crippen molar-refractivity contribution in [3.8, 4) is 0 Å². The number of rotatable bonds is 2. The van der Waals surface area contributed by atoms with Crippen LogP contribution in [0.25, 0.3) is 22.1 Å². The molecule has 0 radical (unpaired) electrons. The summed E-state index contributed by atoms with van der Waals surface area (Å²) in [4.78, 5) is 15.6. The number of aromatic nitrogens is 1. The first kappa shape index (κ1) is 11.0. The lowest BCUT2D eigenvalue weighted by atomic mass is 10.1. The fourth-order valence-corrected chi connectivity index (χ4v) is 2.06. The highest BCUT2D eigenvalue weighted by atomic mass is 16.4. The molecule has 0 fully saturated rings. The highest BCUT2D eigenvalue weighted by molar-refractivity contribution is 5.94. The standard InChI is InChI=1S/C13H12N2O3/c1-7-12-8(3-4-11(16)18-12)5-9-13(7)17-10(15-9)6-14-2/h3-5,14H,6H2,1-2H3. The average Bonchev–Trinajstić information content (AvgIpc) is 2.74. The van der Waals surface area contributed by atoms with Crippen LogP contribution < -0.4 is 10.9 Å². The molecule has 2 aromatic heterocycles. The van der Waals surface area contributed by atoms with Crippen molar-refractivity contribution in [1.82, 2.24) is 10.3 Å². The van der Waals surface area contributed by atoms with E-state index in [1.54, 1.807) is 6.07 Å². The minimum absolute atomic E-state index is 0.361. The molecule has 0 aliphatic heterocycles. The number of nitrogens with one attached hydrogen (secondary N) is 1. The van der Waals surface area contributed by atoms with E-state index in [4.69, 9.17) is 8.83 Å². The Morgan fingerprint density at radius 2 is 2.11 bits per heavy atom. The lowest BCUT2D eigenvalue weighted by Crippen LogP contribution is -2.04. The van der Waals surface area contributed by atoms with Crippen molar-refractivity contribution < 1.29 is 8.83 Å². The molecule has 0 aliphatic carbocycles. The highest BCUT2D eigenvalue weighted by Gasteiger charge is 2.12. The molecule has 0 unspecified atom stereocenters. The lowest BCUT2D eigenvalue weighted by Gasteiger charge is -1.99. The molecule has 1 aromatic carbocycles. The van der Waals surface area contributed by atoms with Crippen molar-refractivity contribution in [2.24, 2.45) is 0 Å². The molecular weight excluding hydrogens is 232 g/mol. The van der Waals surface area contributed by atoms with Crippen LogP contribution >= 0.6 is 0 Å². The van der Waals surface area contributed by atoms with Gasteiger partial charge in [0.1, 0.15) is 11.1 Å². The summed E-state index contributed by atoms with van der Waals surface area (Å²) in [5.41, 5.74) is 2.44. The minimum Gasteiger partial charge on any atom is -0.439 e. The van der Waals surface area contributed by atoms with E-state index >= 15 is 0 Å². The number of nitrogens with zero attached hydrogens (tertiary/aromatic N) is 1. The van der Waals surface area contributed by atoms with Crippen LogP contribution in [-0.4, -0.2) is 12.0 Å². The molecule has 0 aliphatic rings. The maximum atomic E-state index is 11.3. The van der Waals surface area contributed by atoms with Crippen molar-refractivity contribution in [3.05, 3.63) is 40.1 Å². The number of benzene rings is 1. The van der Waals surface area contributed by atoms with Gasteiger partial charge in [0.2, 0.25) is 5.89 Å². The Morgan fingerprint density at radius 3 is 2.89 bits per heavy atom. The third-order valence-electron chi connectivity index (χ3n) is 2.86. The topological polar surface area (TPSA) is 68.3 Å². The van der Waals surface area contributed by atoms with Gasteiger partial charge >= 0.3 is 5.63 Å². The SMILES string of the molecule is CNCc1nc2cc3ccc(=O)oc3c(C)c2o1. The van der Waals surface area contributed by atoms with Gasteiger partial charge in [-0.05, 0) is 26.1 Å². The number of oxazole rings is 1. The number of fused-ring (bicyclic) bond motifs is 2. The first-order valence-electron chi connectivity index (χ1n) is 5.66. The molecule has 1 N–H and O–H groups in total. The Morgan fingerprint density at radius 1 is 1.28 bits per heavy atom. The zero-order valence-corrected chi connectivity index (χ0v) is 10.1. The van der Waals surface area contributed by atoms with Crippen molar-refractivity contribution >= 4 is 22.1 Å². The van der Waals surface area contributed by atoms with Gasteiger partial charge in [-0.2, -0.15) is 0 Å². The lowest BCUT2D eigenvalue weighted by molar-refractivity contribution is 0.508. The van der Waals surface area contributed by atoms with Crippen LogP contribution in [0.5, 0.6) is 0 Å². The third kappa shape index (κ3) is 1.60. The van der Waals surface area contributed by atoms with Crippen LogP contribution in [0.2, 0.25) is 0 Å². The van der Waals surface area contributed by atoms with Gasteiger partial charge in [0.15, 0.2) is 5.58 Å². The fourth-order valence-electron chi connectivity index (χ4n) is 2.06. The fraction of sp³-hybridized carbons (Fsp3) is 0.231. The van der Waals surface area contributed by atoms with E-state index in [1.807, 2.05) is 20.0 Å². The molecule has 92 valence electrons. The Hall–Kier alpha value is -2.14. The number of hydrogen-bond donors (Lipinski definition) is 1. The summed E-state index contributed by atoms with van der Waals surface area (Å²) in [6.45, 7) is 2.43. The first-order valence-corrected chi connectivity index (χ1v) is 5.66. The molecule has 0 amide bonds. The average molecular weight is 244 g/mol. The van der Waals surface area contributed by atoms with Crippen LogP contribution in [0, 0.1) is 6.92 Å². The molecular formula is C13H12N2O3. The van der Waals surface area contributed by atoms with Crippen LogP contribution in [0.4, 0.5) is 0 Å². The molecule has 0 bridgehead atoms. The van der Waals surface area contributed by atoms with E-state index in [0.29, 0.717) is 23.6 Å². The second-order valence-corrected chi connectivity index (χ2v) is 4.16. The summed E-state index contributed by atoms with van der Waals surface area (Å²) < 4.78 is 10.9. The largest absolute Gasteiger partial charge is 0.439 e. The molecule has 0 saturated carbocycles. The second-order valence-electron chi connectivity index (χ2n) is 4.16. The summed E-state index contributed by atoms with van der Waals surface area (Å²) >= 11 is 0. The molecule has 2 heterocycles. The quantitative estimate of drug-likeness (QED) is 0.698. The zero-order chi connectivity index (χ0) is 12.7. The molecule has 3 rings (SSSR count). The van der Waals surface area contributed by atoms with Gasteiger partial charge < -0.3 is 14.2 Å². The van der Waals surface area contributed by atoms with E-state index < -0.39 is 0 Å². The summed E-state index contributed by atoms with van der Waals surface area (Å²) in [5, 5.41) is 3.84. The van der Waals surface area contributed by atoms with E-state index in [9.17, 15) is 4.79 Å². The predicted octanol–water partition coefficient (Wildman–Crippen LogP) is 1.96. The maximum absolute atomic E-state index is 11.3. The number of hydrogen-bond acceptors (Lipinski definition) is 5. The Balaban J connectivity index is 2.37. The molecule has 3 aromatic rings. The van der Waals surface area contributed by atoms with Gasteiger partial charge in [-0.15, -0.1) is 0 Å². The summed E-state index contributed by atoms with van der Waals surface area (Å²) in [6.07, 6.45) is 0. The highest BCUT2D eigenvalue weighted by Crippen LogP contribution is 2.27. The van der Waals surface area contributed by atoms with Crippen molar-refractivity contribution in [2.75, 3.05) is 7.05 Å². The van der Waals surface area contributed by atoms with Gasteiger partial charge in [-0.3, -0.25) is 0 Å².